The molecule has 0 unspecified atom stereocenters. The number of hydrogen-bond acceptors (Lipinski definition) is 7. The lowest BCUT2D eigenvalue weighted by atomic mass is 10.1. The molecule has 1 amide bonds. The second-order valence-corrected chi connectivity index (χ2v) is 6.01. The van der Waals surface area contributed by atoms with Crippen molar-refractivity contribution in [3.8, 4) is 0 Å². The molecule has 3 heterocycles. The summed E-state index contributed by atoms with van der Waals surface area (Å²) in [5, 5.41) is 20.1. The van der Waals surface area contributed by atoms with Crippen molar-refractivity contribution in [3.63, 3.8) is 0 Å². The fraction of sp³-hybridized carbons (Fsp3) is 0.667. The summed E-state index contributed by atoms with van der Waals surface area (Å²) in [5.41, 5.74) is 6.40. The number of aliphatic hydroxyl groups excluding tert-OH is 2. The Labute approximate surface area is 120 Å². The van der Waals surface area contributed by atoms with Gasteiger partial charge in [-0.1, -0.05) is 18.7 Å². The number of aliphatic hydroxyl groups is 2. The molecule has 3 rings (SSSR count). The SMILES string of the molecule is CC[C@H]1O[C@@H](N2CSC3=C2CC(N)=NC3=O)[C@H](O)[C@@H]1O. The second kappa shape index (κ2) is 5.03. The number of nitrogens with two attached hydrogens (primary N) is 1. The molecule has 0 aliphatic carbocycles. The van der Waals surface area contributed by atoms with Gasteiger partial charge in [0.25, 0.3) is 5.91 Å². The Balaban J connectivity index is 1.84. The third kappa shape index (κ3) is 2.03. The lowest BCUT2D eigenvalue weighted by Gasteiger charge is -2.30. The Morgan fingerprint density at radius 1 is 1.50 bits per heavy atom. The van der Waals surface area contributed by atoms with Crippen molar-refractivity contribution >= 4 is 23.5 Å². The largest absolute Gasteiger partial charge is 0.388 e. The van der Waals surface area contributed by atoms with Gasteiger partial charge in [0.1, 0.15) is 18.0 Å². The minimum absolute atomic E-state index is 0.265. The van der Waals surface area contributed by atoms with E-state index < -0.39 is 24.5 Å². The van der Waals surface area contributed by atoms with Crippen LogP contribution in [0.15, 0.2) is 15.6 Å². The van der Waals surface area contributed by atoms with Crippen LogP contribution >= 0.6 is 11.8 Å². The fourth-order valence-electron chi connectivity index (χ4n) is 2.74. The van der Waals surface area contributed by atoms with Gasteiger partial charge in [-0.25, -0.2) is 0 Å². The Bertz CT molecular complexity index is 507. The van der Waals surface area contributed by atoms with E-state index in [0.29, 0.717) is 23.6 Å². The van der Waals surface area contributed by atoms with Gasteiger partial charge in [-0.05, 0) is 6.42 Å². The first kappa shape index (κ1) is 13.9. The van der Waals surface area contributed by atoms with Gasteiger partial charge in [-0.2, -0.15) is 4.99 Å². The van der Waals surface area contributed by atoms with Crippen LogP contribution in [0.3, 0.4) is 0 Å². The highest BCUT2D eigenvalue weighted by Gasteiger charge is 2.47. The van der Waals surface area contributed by atoms with Crippen LogP contribution in [0.5, 0.6) is 0 Å². The zero-order chi connectivity index (χ0) is 14.4. The molecule has 20 heavy (non-hydrogen) atoms. The predicted molar refractivity (Wildman–Crippen MR) is 73.5 cm³/mol. The maximum atomic E-state index is 11.8. The summed E-state index contributed by atoms with van der Waals surface area (Å²) in [4.78, 5) is 17.9. The number of carbonyl (C=O) groups excluding carboxylic acids is 1. The highest BCUT2D eigenvalue weighted by atomic mass is 32.2. The van der Waals surface area contributed by atoms with Crippen molar-refractivity contribution in [1.82, 2.24) is 4.90 Å². The van der Waals surface area contributed by atoms with E-state index in [4.69, 9.17) is 10.5 Å². The highest BCUT2D eigenvalue weighted by Crippen LogP contribution is 2.41. The van der Waals surface area contributed by atoms with Crippen LogP contribution in [-0.2, 0) is 9.53 Å². The van der Waals surface area contributed by atoms with Crippen LogP contribution in [-0.4, -0.2) is 57.3 Å². The molecule has 110 valence electrons. The maximum absolute atomic E-state index is 11.8. The number of thioether (sulfide) groups is 1. The van der Waals surface area contributed by atoms with Crippen LogP contribution in [0.4, 0.5) is 0 Å². The molecular formula is C12H17N3O4S. The number of amidine groups is 1. The number of dihydropyridines is 1. The summed E-state index contributed by atoms with van der Waals surface area (Å²) in [7, 11) is 0. The molecule has 8 heteroatoms. The van der Waals surface area contributed by atoms with Crippen LogP contribution in [0.25, 0.3) is 0 Å². The minimum atomic E-state index is -0.998. The molecule has 3 aliphatic heterocycles. The van der Waals surface area contributed by atoms with Gasteiger partial charge in [0, 0.05) is 12.1 Å². The average Bonchev–Trinajstić information content (AvgIpc) is 2.93. The van der Waals surface area contributed by atoms with Gasteiger partial charge in [0.2, 0.25) is 0 Å². The number of nitrogens with zero attached hydrogens (tertiary/aromatic N) is 2. The average molecular weight is 299 g/mol. The number of rotatable bonds is 2. The lowest BCUT2D eigenvalue weighted by molar-refractivity contribution is -0.114. The lowest BCUT2D eigenvalue weighted by Crippen LogP contribution is -2.43. The molecule has 7 nitrogen and oxygen atoms in total. The molecule has 1 fully saturated rings. The molecule has 0 aromatic rings. The number of amides is 1. The van der Waals surface area contributed by atoms with E-state index in [0.717, 1.165) is 5.70 Å². The van der Waals surface area contributed by atoms with Crippen LogP contribution < -0.4 is 5.73 Å². The molecule has 1 saturated heterocycles. The van der Waals surface area contributed by atoms with Crippen LogP contribution in [0.1, 0.15) is 19.8 Å². The summed E-state index contributed by atoms with van der Waals surface area (Å²) in [6.45, 7) is 1.89. The van der Waals surface area contributed by atoms with E-state index in [1.165, 1.54) is 11.8 Å². The zero-order valence-electron chi connectivity index (χ0n) is 11.0. The van der Waals surface area contributed by atoms with Gasteiger partial charge < -0.3 is 25.6 Å². The number of ether oxygens (including phenoxy) is 1. The van der Waals surface area contributed by atoms with Crippen molar-refractivity contribution < 1.29 is 19.7 Å². The van der Waals surface area contributed by atoms with Gasteiger partial charge >= 0.3 is 0 Å². The first-order valence-electron chi connectivity index (χ1n) is 6.54. The van der Waals surface area contributed by atoms with E-state index in [9.17, 15) is 15.0 Å². The molecule has 4 N–H and O–H groups in total. The van der Waals surface area contributed by atoms with Crippen molar-refractivity contribution in [2.45, 2.75) is 44.3 Å². The zero-order valence-corrected chi connectivity index (χ0v) is 11.8. The molecule has 0 radical (unpaired) electrons. The third-order valence-corrected chi connectivity index (χ3v) is 4.90. The highest BCUT2D eigenvalue weighted by molar-refractivity contribution is 8.04. The first-order valence-corrected chi connectivity index (χ1v) is 7.53. The normalized spacial score (nSPS) is 37.5. The molecule has 0 aromatic heterocycles. The maximum Gasteiger partial charge on any atom is 0.286 e. The van der Waals surface area contributed by atoms with Gasteiger partial charge in [-0.15, -0.1) is 0 Å². The Hall–Kier alpha value is -1.09. The predicted octanol–water partition coefficient (Wildman–Crippen LogP) is -0.652. The molecule has 4 atom stereocenters. The summed E-state index contributed by atoms with van der Waals surface area (Å²) in [5.74, 6) is 0.419. The van der Waals surface area contributed by atoms with Gasteiger partial charge in [-0.3, -0.25) is 4.79 Å². The summed E-state index contributed by atoms with van der Waals surface area (Å²) in [6, 6.07) is 0. The topological polar surface area (TPSA) is 108 Å². The van der Waals surface area contributed by atoms with Crippen molar-refractivity contribution in [1.29, 1.82) is 0 Å². The van der Waals surface area contributed by atoms with Crippen molar-refractivity contribution in [2.24, 2.45) is 10.7 Å². The van der Waals surface area contributed by atoms with E-state index in [2.05, 4.69) is 4.99 Å². The van der Waals surface area contributed by atoms with E-state index >= 15 is 0 Å². The van der Waals surface area contributed by atoms with E-state index in [1.54, 1.807) is 0 Å². The minimum Gasteiger partial charge on any atom is -0.388 e. The first-order chi connectivity index (χ1) is 9.52. The van der Waals surface area contributed by atoms with E-state index in [1.807, 2.05) is 11.8 Å². The monoisotopic (exact) mass is 299 g/mol. The number of aliphatic imine (C=N–C) groups is 1. The summed E-state index contributed by atoms with van der Waals surface area (Å²) >= 11 is 1.36. The van der Waals surface area contributed by atoms with Gasteiger partial charge in [0.15, 0.2) is 6.23 Å². The Kier molecular flexibility index (Phi) is 3.49. The number of hydrogen-bond donors (Lipinski definition) is 3. The molecular weight excluding hydrogens is 282 g/mol. The van der Waals surface area contributed by atoms with Crippen molar-refractivity contribution in [3.05, 3.63) is 10.6 Å². The number of carbonyl (C=O) groups is 1. The van der Waals surface area contributed by atoms with Crippen LogP contribution in [0.2, 0.25) is 0 Å². The summed E-state index contributed by atoms with van der Waals surface area (Å²) < 4.78 is 5.72. The molecule has 0 bridgehead atoms. The quantitative estimate of drug-likeness (QED) is 0.621. The van der Waals surface area contributed by atoms with Crippen molar-refractivity contribution in [2.75, 3.05) is 5.88 Å². The third-order valence-electron chi connectivity index (χ3n) is 3.79. The smallest absolute Gasteiger partial charge is 0.286 e. The molecule has 0 saturated carbocycles. The molecule has 0 aromatic carbocycles. The Morgan fingerprint density at radius 3 is 2.90 bits per heavy atom. The van der Waals surface area contributed by atoms with Gasteiger partial charge in [0.05, 0.1) is 16.9 Å². The van der Waals surface area contributed by atoms with Crippen LogP contribution in [0, 0.1) is 0 Å². The second-order valence-electron chi connectivity index (χ2n) is 5.06. The van der Waals surface area contributed by atoms with E-state index in [-0.39, 0.29) is 11.7 Å². The molecule has 0 spiro atoms. The standard InChI is InChI=1S/C12H17N3O4S/c1-2-6-8(16)9(17)12(19-6)15-4-20-10-5(15)3-7(13)14-11(10)18/h6,8-9,12,16-17H,2-4H2,1H3,(H2,13,14,18)/t6-,8-,9-,12-/m1/s1. The fourth-order valence-corrected chi connectivity index (χ4v) is 3.83. The summed E-state index contributed by atoms with van der Waals surface area (Å²) in [6.07, 6.45) is -1.96. The Morgan fingerprint density at radius 2 is 2.25 bits per heavy atom. The molecule has 3 aliphatic rings.